The van der Waals surface area contributed by atoms with Gasteiger partial charge in [-0.25, -0.2) is 0 Å². The van der Waals surface area contributed by atoms with E-state index < -0.39 is 7.69 Å². The lowest BCUT2D eigenvalue weighted by atomic mass is 10.4. The Morgan fingerprint density at radius 1 is 1.42 bits per heavy atom. The fraction of sp³-hybridized carbons (Fsp3) is 0. The molecular weight excluding hydrogens is 159 g/mol. The molecular formula is C5H7BN4O2. The zero-order chi connectivity index (χ0) is 8.81. The zero-order valence-electron chi connectivity index (χ0n) is 6.18. The van der Waals surface area contributed by atoms with Gasteiger partial charge in [0.15, 0.2) is 0 Å². The molecule has 7 heteroatoms. The molecule has 0 aliphatic carbocycles. The Morgan fingerprint density at radius 3 is 2.83 bits per heavy atom. The number of nitrogens with zero attached hydrogens (tertiary/aromatic N) is 3. The largest absolute Gasteiger partial charge is 0.432 e. The maximum atomic E-state index is 7.12. The second-order valence-electron chi connectivity index (χ2n) is 1.84. The van der Waals surface area contributed by atoms with Crippen LogP contribution in [0.1, 0.15) is 0 Å². The summed E-state index contributed by atoms with van der Waals surface area (Å²) in [6, 6.07) is 1.85. The van der Waals surface area contributed by atoms with Gasteiger partial charge < -0.3 is 10.0 Å². The van der Waals surface area contributed by atoms with E-state index in [0.717, 1.165) is 11.4 Å². The van der Waals surface area contributed by atoms with E-state index in [9.17, 15) is 0 Å². The summed E-state index contributed by atoms with van der Waals surface area (Å²) in [5.74, 6) is 0. The van der Waals surface area contributed by atoms with Gasteiger partial charge in [-0.1, -0.05) is 5.21 Å². The molecule has 0 atom stereocenters. The van der Waals surface area contributed by atoms with Crippen molar-refractivity contribution in [2.24, 2.45) is 0 Å². The summed E-state index contributed by atoms with van der Waals surface area (Å²) in [6.07, 6.45) is 3.33. The van der Waals surface area contributed by atoms with Crippen molar-refractivity contribution in [3.8, 4) is 11.4 Å². The van der Waals surface area contributed by atoms with Gasteiger partial charge in [-0.3, -0.25) is 10.1 Å². The molecule has 62 valence electrons. The fourth-order valence-electron chi connectivity index (χ4n) is 0.711. The van der Waals surface area contributed by atoms with Crippen molar-refractivity contribution in [3.05, 3.63) is 18.5 Å². The Bertz CT molecular complexity index is 274. The first-order valence-electron chi connectivity index (χ1n) is 3.21. The van der Waals surface area contributed by atoms with Gasteiger partial charge in [-0.05, 0) is 6.07 Å². The van der Waals surface area contributed by atoms with Crippen molar-refractivity contribution in [1.82, 2.24) is 20.4 Å². The lowest BCUT2D eigenvalue weighted by Gasteiger charge is -1.89. The van der Waals surface area contributed by atoms with Gasteiger partial charge in [0, 0.05) is 6.20 Å². The Morgan fingerprint density at radius 2 is 2.17 bits per heavy atom. The van der Waals surface area contributed by atoms with Crippen LogP contribution in [0.4, 0.5) is 0 Å². The van der Waals surface area contributed by atoms with Gasteiger partial charge in [0.2, 0.25) is 0 Å². The molecule has 6 nitrogen and oxygen atoms in total. The number of nitrogens with one attached hydrogen (secondary N) is 1. The average Bonchev–Trinajstić information content (AvgIpc) is 2.52. The monoisotopic (exact) mass is 166 g/mol. The molecule has 0 bridgehead atoms. The minimum absolute atomic E-state index is 0.750. The smallest absolute Gasteiger partial charge is 0.430 e. The number of aromatic nitrogens is 4. The van der Waals surface area contributed by atoms with E-state index in [-0.39, 0.29) is 0 Å². The topological polar surface area (TPSA) is 94.9 Å². The third kappa shape index (κ3) is 2.01. The third-order valence-corrected chi connectivity index (χ3v) is 1.14. The van der Waals surface area contributed by atoms with Crippen molar-refractivity contribution >= 4 is 7.69 Å². The van der Waals surface area contributed by atoms with Gasteiger partial charge in [0.1, 0.15) is 5.69 Å². The van der Waals surface area contributed by atoms with Crippen LogP contribution in [0.5, 0.6) is 0 Å². The molecule has 0 radical (unpaired) electrons. The van der Waals surface area contributed by atoms with Crippen molar-refractivity contribution in [2.45, 2.75) is 0 Å². The van der Waals surface area contributed by atoms with Crippen LogP contribution >= 0.6 is 0 Å². The van der Waals surface area contributed by atoms with Crippen LogP contribution in [-0.4, -0.2) is 38.1 Å². The van der Waals surface area contributed by atoms with Crippen LogP contribution in [0.2, 0.25) is 0 Å². The highest BCUT2D eigenvalue weighted by atomic mass is 16.4. The molecule has 0 spiro atoms. The fourth-order valence-corrected chi connectivity index (χ4v) is 0.711. The van der Waals surface area contributed by atoms with Crippen LogP contribution in [0.15, 0.2) is 18.5 Å². The summed E-state index contributed by atoms with van der Waals surface area (Å²) in [6.45, 7) is 0. The van der Waals surface area contributed by atoms with Crippen LogP contribution in [-0.2, 0) is 0 Å². The van der Waals surface area contributed by atoms with Gasteiger partial charge in [-0.15, -0.1) is 5.10 Å². The van der Waals surface area contributed by atoms with E-state index in [0.29, 0.717) is 0 Å². The molecule has 2 aliphatic rings. The highest BCUT2D eigenvalue weighted by molar-refractivity contribution is 6.13. The SMILES string of the molecule is OBO.c1cc2[nH]nncc-2n1. The van der Waals surface area contributed by atoms with E-state index in [1.165, 1.54) is 0 Å². The molecule has 0 amide bonds. The maximum absolute atomic E-state index is 7.12. The van der Waals surface area contributed by atoms with Gasteiger partial charge >= 0.3 is 7.69 Å². The molecule has 0 aromatic carbocycles. The Balaban J connectivity index is 0.000000213. The predicted molar refractivity (Wildman–Crippen MR) is 42.4 cm³/mol. The van der Waals surface area contributed by atoms with E-state index in [1.54, 1.807) is 12.4 Å². The van der Waals surface area contributed by atoms with Crippen molar-refractivity contribution in [2.75, 3.05) is 0 Å². The molecule has 0 saturated carbocycles. The second kappa shape index (κ2) is 4.42. The summed E-state index contributed by atoms with van der Waals surface area (Å²) >= 11 is 0. The van der Waals surface area contributed by atoms with Crippen LogP contribution in [0.3, 0.4) is 0 Å². The number of hydrogen-bond acceptors (Lipinski definition) is 5. The van der Waals surface area contributed by atoms with Crippen LogP contribution < -0.4 is 0 Å². The minimum Gasteiger partial charge on any atom is -0.430 e. The minimum atomic E-state index is -0.750. The highest BCUT2D eigenvalue weighted by Crippen LogP contribution is 2.11. The molecule has 0 aromatic rings. The average molecular weight is 166 g/mol. The van der Waals surface area contributed by atoms with E-state index in [2.05, 4.69) is 20.4 Å². The number of fused-ring (bicyclic) bond motifs is 1. The molecule has 0 saturated heterocycles. The van der Waals surface area contributed by atoms with Gasteiger partial charge in [0.25, 0.3) is 0 Å². The maximum Gasteiger partial charge on any atom is 0.432 e. The lowest BCUT2D eigenvalue weighted by molar-refractivity contribution is 0.448. The Hall–Kier alpha value is -1.47. The second-order valence-corrected chi connectivity index (χ2v) is 1.84. The first kappa shape index (κ1) is 8.63. The molecule has 2 heterocycles. The Labute approximate surface area is 68.9 Å². The standard InChI is InChI=1S/C5H4N4.BH3O2/c1-2-6-5-3-7-9-8-4(1)5;2-1-3/h1-3H,(H,7,8);1-3H. The zero-order valence-corrected chi connectivity index (χ0v) is 6.18. The summed E-state index contributed by atoms with van der Waals surface area (Å²) in [7, 11) is -0.750. The first-order chi connectivity index (χ1) is 5.88. The number of rotatable bonds is 0. The molecule has 3 N–H and O–H groups in total. The molecule has 2 rings (SSSR count). The number of H-pyrrole nitrogens is 1. The number of aromatic amines is 1. The van der Waals surface area contributed by atoms with E-state index in [4.69, 9.17) is 10.0 Å². The lowest BCUT2D eigenvalue weighted by Crippen LogP contribution is -1.88. The molecule has 2 aliphatic heterocycles. The number of hydrogen-bond donors (Lipinski definition) is 3. The van der Waals surface area contributed by atoms with Crippen molar-refractivity contribution < 1.29 is 10.0 Å². The summed E-state index contributed by atoms with van der Waals surface area (Å²) < 4.78 is 0. The first-order valence-corrected chi connectivity index (χ1v) is 3.21. The van der Waals surface area contributed by atoms with Gasteiger partial charge in [0.05, 0.1) is 11.9 Å². The van der Waals surface area contributed by atoms with E-state index >= 15 is 0 Å². The molecule has 0 aromatic heterocycles. The quantitative estimate of drug-likeness (QED) is 0.415. The summed E-state index contributed by atoms with van der Waals surface area (Å²) in [5, 5.41) is 24.1. The highest BCUT2D eigenvalue weighted by Gasteiger charge is 2.00. The van der Waals surface area contributed by atoms with Crippen LogP contribution in [0.25, 0.3) is 11.4 Å². The summed E-state index contributed by atoms with van der Waals surface area (Å²) in [5.41, 5.74) is 1.77. The van der Waals surface area contributed by atoms with Crippen molar-refractivity contribution in [1.29, 1.82) is 0 Å². The van der Waals surface area contributed by atoms with Gasteiger partial charge in [-0.2, -0.15) is 0 Å². The van der Waals surface area contributed by atoms with Crippen LogP contribution in [0, 0.1) is 0 Å². The molecule has 0 fully saturated rings. The van der Waals surface area contributed by atoms with E-state index in [1.807, 2.05) is 6.07 Å². The predicted octanol–water partition coefficient (Wildman–Crippen LogP) is -1.46. The third-order valence-electron chi connectivity index (χ3n) is 1.14. The van der Waals surface area contributed by atoms with Crippen molar-refractivity contribution in [3.63, 3.8) is 0 Å². The molecule has 12 heavy (non-hydrogen) atoms. The molecule has 0 unspecified atom stereocenters. The normalized spacial score (nSPS) is 8.83. The Kier molecular flexibility index (Phi) is 3.18. The summed E-state index contributed by atoms with van der Waals surface area (Å²) in [4.78, 5) is 3.98.